The van der Waals surface area contributed by atoms with Crippen LogP contribution in [0.2, 0.25) is 12.1 Å². The van der Waals surface area contributed by atoms with E-state index in [9.17, 15) is 0 Å². The topological polar surface area (TPSA) is 18.5 Å². The minimum atomic E-state index is -1.91. The molecule has 0 aliphatic carbocycles. The van der Waals surface area contributed by atoms with E-state index in [4.69, 9.17) is 8.85 Å². The maximum Gasteiger partial charge on any atom is 0.337 e. The molecule has 0 aliphatic heterocycles. The van der Waals surface area contributed by atoms with Crippen LogP contribution in [0.25, 0.3) is 6.08 Å². The van der Waals surface area contributed by atoms with Gasteiger partial charge in [0, 0.05) is 13.2 Å². The van der Waals surface area contributed by atoms with E-state index in [1.807, 2.05) is 6.08 Å². The molecule has 1 rings (SSSR count). The van der Waals surface area contributed by atoms with Gasteiger partial charge in [-0.1, -0.05) is 50.8 Å². The van der Waals surface area contributed by atoms with Crippen LogP contribution >= 0.6 is 0 Å². The van der Waals surface area contributed by atoms with Gasteiger partial charge in [-0.25, -0.2) is 0 Å². The second-order valence-corrected chi connectivity index (χ2v) is 8.76. The highest BCUT2D eigenvalue weighted by molar-refractivity contribution is 6.67. The van der Waals surface area contributed by atoms with Gasteiger partial charge in [-0.15, -0.1) is 0 Å². The maximum atomic E-state index is 6.14. The van der Waals surface area contributed by atoms with Crippen LogP contribution in [0.3, 0.4) is 0 Å². The quantitative estimate of drug-likeness (QED) is 0.455. The lowest BCUT2D eigenvalue weighted by Gasteiger charge is -2.28. The molecule has 0 spiro atoms. The summed E-state index contributed by atoms with van der Waals surface area (Å²) in [4.78, 5) is 0. The molecule has 0 atom stereocenters. The smallest absolute Gasteiger partial charge is 0.337 e. The Bertz CT molecular complexity index is 382. The van der Waals surface area contributed by atoms with E-state index in [0.717, 1.165) is 38.1 Å². The summed E-state index contributed by atoms with van der Waals surface area (Å²) < 4.78 is 12.1. The Balaban J connectivity index is 2.37. The van der Waals surface area contributed by atoms with Gasteiger partial charge >= 0.3 is 8.56 Å². The van der Waals surface area contributed by atoms with E-state index in [1.165, 1.54) is 11.1 Å². The zero-order chi connectivity index (χ0) is 14.8. The first kappa shape index (κ1) is 17.1. The van der Waals surface area contributed by atoms with Gasteiger partial charge in [0.25, 0.3) is 0 Å². The molecule has 20 heavy (non-hydrogen) atoms. The van der Waals surface area contributed by atoms with Gasteiger partial charge in [-0.3, -0.25) is 0 Å². The van der Waals surface area contributed by atoms with Crippen molar-refractivity contribution in [1.29, 1.82) is 0 Å². The summed E-state index contributed by atoms with van der Waals surface area (Å²) in [7, 11) is -1.91. The van der Waals surface area contributed by atoms with Gasteiger partial charge in [-0.05, 0) is 43.0 Å². The summed E-state index contributed by atoms with van der Waals surface area (Å²) in [6, 6.07) is 10.6. The van der Waals surface area contributed by atoms with Crippen LogP contribution in [-0.4, -0.2) is 21.8 Å². The highest BCUT2D eigenvalue weighted by atomic mass is 28.4. The molecule has 0 heterocycles. The minimum absolute atomic E-state index is 0.761. The molecule has 0 fully saturated rings. The lowest BCUT2D eigenvalue weighted by Crippen LogP contribution is -2.41. The first-order valence-corrected chi connectivity index (χ1v) is 9.92. The summed E-state index contributed by atoms with van der Waals surface area (Å²) in [5, 5.41) is 0. The van der Waals surface area contributed by atoms with E-state index in [1.54, 1.807) is 0 Å². The zero-order valence-corrected chi connectivity index (χ0v) is 14.2. The molecule has 3 heteroatoms. The van der Waals surface area contributed by atoms with Crippen LogP contribution in [-0.2, 0) is 15.3 Å². The third kappa shape index (κ3) is 5.23. The van der Waals surface area contributed by atoms with E-state index in [2.05, 4.69) is 51.6 Å². The first-order chi connectivity index (χ1) is 9.69. The normalized spacial score (nSPS) is 11.6. The van der Waals surface area contributed by atoms with Crippen molar-refractivity contribution in [2.24, 2.45) is 0 Å². The largest absolute Gasteiger partial charge is 0.395 e. The summed E-state index contributed by atoms with van der Waals surface area (Å²) in [5.74, 6) is 0. The van der Waals surface area contributed by atoms with Gasteiger partial charge in [0.1, 0.15) is 0 Å². The second-order valence-electron chi connectivity index (χ2n) is 4.95. The van der Waals surface area contributed by atoms with E-state index in [-0.39, 0.29) is 0 Å². The third-order valence-electron chi connectivity index (χ3n) is 3.68. The standard InChI is InChI=1S/C17H28O2Si/c1-5-16-11-13-17(14-12-16)10-9-15-19-20(7-3,8-4)18-6-2/h5,11-14H,1,6-10,15H2,2-4H3. The SMILES string of the molecule is C=Cc1ccc(CCCO[Si](CC)(CC)OCC)cc1. The predicted molar refractivity (Wildman–Crippen MR) is 89.1 cm³/mol. The van der Waals surface area contributed by atoms with Gasteiger partial charge < -0.3 is 8.85 Å². The summed E-state index contributed by atoms with van der Waals surface area (Å²) in [6.45, 7) is 11.7. The molecule has 0 aromatic heterocycles. The Morgan fingerprint density at radius 2 is 1.70 bits per heavy atom. The van der Waals surface area contributed by atoms with Crippen LogP contribution in [0, 0.1) is 0 Å². The Kier molecular flexibility index (Phi) is 7.81. The van der Waals surface area contributed by atoms with Crippen molar-refractivity contribution in [3.8, 4) is 0 Å². The van der Waals surface area contributed by atoms with Crippen molar-refractivity contribution in [3.05, 3.63) is 42.0 Å². The Labute approximate surface area is 125 Å². The van der Waals surface area contributed by atoms with Gasteiger partial charge in [0.2, 0.25) is 0 Å². The molecule has 2 nitrogen and oxygen atoms in total. The van der Waals surface area contributed by atoms with Crippen molar-refractivity contribution in [1.82, 2.24) is 0 Å². The van der Waals surface area contributed by atoms with Crippen molar-refractivity contribution in [2.45, 2.75) is 45.7 Å². The number of benzene rings is 1. The average molecular weight is 292 g/mol. The van der Waals surface area contributed by atoms with E-state index >= 15 is 0 Å². The van der Waals surface area contributed by atoms with Crippen LogP contribution in [0.4, 0.5) is 0 Å². The highest BCUT2D eigenvalue weighted by Crippen LogP contribution is 2.19. The zero-order valence-electron chi connectivity index (χ0n) is 13.2. The van der Waals surface area contributed by atoms with Crippen molar-refractivity contribution in [2.75, 3.05) is 13.2 Å². The molecule has 0 amide bonds. The fourth-order valence-corrected chi connectivity index (χ4v) is 4.76. The Morgan fingerprint density at radius 3 is 2.20 bits per heavy atom. The summed E-state index contributed by atoms with van der Waals surface area (Å²) in [6.07, 6.45) is 3.98. The van der Waals surface area contributed by atoms with E-state index in [0.29, 0.717) is 0 Å². The third-order valence-corrected chi connectivity index (χ3v) is 7.37. The predicted octanol–water partition coefficient (Wildman–Crippen LogP) is 4.80. The molecular formula is C17H28O2Si. The maximum absolute atomic E-state index is 6.14. The second kappa shape index (κ2) is 9.11. The minimum Gasteiger partial charge on any atom is -0.395 e. The number of aryl methyl sites for hydroxylation is 1. The fourth-order valence-electron chi connectivity index (χ4n) is 2.32. The molecule has 112 valence electrons. The molecule has 0 aliphatic rings. The summed E-state index contributed by atoms with van der Waals surface area (Å²) >= 11 is 0. The molecule has 0 unspecified atom stereocenters. The molecule has 0 saturated carbocycles. The molecule has 0 N–H and O–H groups in total. The van der Waals surface area contributed by atoms with Crippen molar-refractivity contribution in [3.63, 3.8) is 0 Å². The van der Waals surface area contributed by atoms with Crippen molar-refractivity contribution < 1.29 is 8.85 Å². The van der Waals surface area contributed by atoms with Gasteiger partial charge in [-0.2, -0.15) is 0 Å². The van der Waals surface area contributed by atoms with Crippen LogP contribution in [0.15, 0.2) is 30.8 Å². The Morgan fingerprint density at radius 1 is 1.05 bits per heavy atom. The molecule has 0 radical (unpaired) electrons. The number of rotatable bonds is 10. The molecule has 1 aromatic rings. The van der Waals surface area contributed by atoms with Crippen LogP contribution < -0.4 is 0 Å². The number of hydrogen-bond acceptors (Lipinski definition) is 2. The molecule has 0 bridgehead atoms. The van der Waals surface area contributed by atoms with Crippen molar-refractivity contribution >= 4 is 14.6 Å². The Hall–Kier alpha value is -0.903. The highest BCUT2D eigenvalue weighted by Gasteiger charge is 2.32. The van der Waals surface area contributed by atoms with E-state index < -0.39 is 8.56 Å². The molecule has 1 aromatic carbocycles. The number of hydrogen-bond donors (Lipinski definition) is 0. The van der Waals surface area contributed by atoms with Gasteiger partial charge in [0.15, 0.2) is 0 Å². The lowest BCUT2D eigenvalue weighted by molar-refractivity contribution is 0.174. The lowest BCUT2D eigenvalue weighted by atomic mass is 10.1. The van der Waals surface area contributed by atoms with Crippen LogP contribution in [0.5, 0.6) is 0 Å². The fraction of sp³-hybridized carbons (Fsp3) is 0.529. The summed E-state index contributed by atoms with van der Waals surface area (Å²) in [5.41, 5.74) is 2.53. The molecule has 0 saturated heterocycles. The first-order valence-electron chi connectivity index (χ1n) is 7.69. The monoisotopic (exact) mass is 292 g/mol. The van der Waals surface area contributed by atoms with Gasteiger partial charge in [0.05, 0.1) is 0 Å². The average Bonchev–Trinajstić information content (AvgIpc) is 2.51. The van der Waals surface area contributed by atoms with Crippen LogP contribution in [0.1, 0.15) is 38.3 Å². The molecular weight excluding hydrogens is 264 g/mol.